The molecule has 3 heterocycles. The predicted octanol–water partition coefficient (Wildman–Crippen LogP) is 5.41. The highest BCUT2D eigenvalue weighted by Crippen LogP contribution is 2.38. The Morgan fingerprint density at radius 1 is 1.04 bits per heavy atom. The summed E-state index contributed by atoms with van der Waals surface area (Å²) in [5.74, 6) is 0.772. The first-order chi connectivity index (χ1) is 11.3. The average Bonchev–Trinajstić information content (AvgIpc) is 3.33. The van der Waals surface area contributed by atoms with Gasteiger partial charge < -0.3 is 0 Å². The molecular weight excluding hydrogens is 304 g/mol. The van der Waals surface area contributed by atoms with Crippen molar-refractivity contribution in [2.75, 3.05) is 0 Å². The minimum atomic E-state index is 0.772. The minimum Gasteiger partial charge on any atom is -0.237 e. The van der Waals surface area contributed by atoms with Crippen LogP contribution in [0.15, 0.2) is 35.8 Å². The third-order valence-electron chi connectivity index (χ3n) is 2.98. The molecule has 0 aliphatic heterocycles. The van der Waals surface area contributed by atoms with Crippen molar-refractivity contribution in [3.8, 4) is 0 Å². The standard InChI is InChI=1S/C9H8N2.C5H6N2S.2C2H6/c1-7-4-5-8-3-2-6-10-9(8)11-7;1-2-4(1)5-3-8-7-6-5;2*1-2/h2-6H,1H3;3-4H,1-2H2;2*1-2H3. The van der Waals surface area contributed by atoms with E-state index in [9.17, 15) is 0 Å². The summed E-state index contributed by atoms with van der Waals surface area (Å²) < 4.78 is 3.78. The Bertz CT molecular complexity index is 664. The summed E-state index contributed by atoms with van der Waals surface area (Å²) in [4.78, 5) is 8.40. The highest BCUT2D eigenvalue weighted by molar-refractivity contribution is 7.03. The number of hydrogen-bond acceptors (Lipinski definition) is 5. The Hall–Kier alpha value is -1.88. The highest BCUT2D eigenvalue weighted by atomic mass is 32.1. The summed E-state index contributed by atoms with van der Waals surface area (Å²) >= 11 is 1.45. The molecule has 5 heteroatoms. The molecule has 3 aromatic heterocycles. The summed E-state index contributed by atoms with van der Waals surface area (Å²) in [5, 5.41) is 7.08. The van der Waals surface area contributed by atoms with Gasteiger partial charge in [-0.05, 0) is 55.6 Å². The number of aryl methyl sites for hydroxylation is 1. The molecule has 0 aromatic carbocycles. The fraction of sp³-hybridized carbons (Fsp3) is 0.444. The van der Waals surface area contributed by atoms with E-state index in [0.29, 0.717) is 0 Å². The predicted molar refractivity (Wildman–Crippen MR) is 98.9 cm³/mol. The zero-order chi connectivity index (χ0) is 17.1. The van der Waals surface area contributed by atoms with E-state index in [4.69, 9.17) is 0 Å². The quantitative estimate of drug-likeness (QED) is 0.599. The van der Waals surface area contributed by atoms with Gasteiger partial charge in [-0.3, -0.25) is 0 Å². The van der Waals surface area contributed by atoms with Crippen molar-refractivity contribution in [2.24, 2.45) is 0 Å². The molecule has 4 rings (SSSR count). The van der Waals surface area contributed by atoms with E-state index in [-0.39, 0.29) is 0 Å². The zero-order valence-corrected chi connectivity index (χ0v) is 15.5. The number of fused-ring (bicyclic) bond motifs is 1. The second-order valence-electron chi connectivity index (χ2n) is 4.61. The van der Waals surface area contributed by atoms with Gasteiger partial charge in [0.25, 0.3) is 0 Å². The van der Waals surface area contributed by atoms with Crippen molar-refractivity contribution in [2.45, 2.75) is 53.4 Å². The largest absolute Gasteiger partial charge is 0.237 e. The average molecular weight is 331 g/mol. The van der Waals surface area contributed by atoms with Crippen LogP contribution in [0.3, 0.4) is 0 Å². The van der Waals surface area contributed by atoms with Gasteiger partial charge in [0, 0.05) is 28.6 Å². The van der Waals surface area contributed by atoms with Crippen molar-refractivity contribution < 1.29 is 0 Å². The van der Waals surface area contributed by atoms with Crippen molar-refractivity contribution in [1.29, 1.82) is 0 Å². The van der Waals surface area contributed by atoms with Gasteiger partial charge in [-0.2, -0.15) is 0 Å². The van der Waals surface area contributed by atoms with E-state index < -0.39 is 0 Å². The van der Waals surface area contributed by atoms with Gasteiger partial charge in [0.15, 0.2) is 5.65 Å². The summed E-state index contributed by atoms with van der Waals surface area (Å²) in [6, 6.07) is 7.95. The van der Waals surface area contributed by atoms with Gasteiger partial charge in [-0.15, -0.1) is 5.10 Å². The zero-order valence-electron chi connectivity index (χ0n) is 14.7. The van der Waals surface area contributed by atoms with Crippen LogP contribution in [0.1, 0.15) is 57.8 Å². The SMILES string of the molecule is CC.CC.Cc1ccc2cccnc2n1.c1snnc1C1CC1. The molecule has 0 atom stereocenters. The monoisotopic (exact) mass is 330 g/mol. The fourth-order valence-electron chi connectivity index (χ4n) is 1.78. The van der Waals surface area contributed by atoms with Gasteiger partial charge in [0.1, 0.15) is 0 Å². The van der Waals surface area contributed by atoms with Crippen LogP contribution in [0, 0.1) is 6.92 Å². The molecule has 1 saturated carbocycles. The normalized spacial score (nSPS) is 12.0. The van der Waals surface area contributed by atoms with Gasteiger partial charge in [0.2, 0.25) is 0 Å². The first-order valence-corrected chi connectivity index (χ1v) is 9.12. The Morgan fingerprint density at radius 2 is 1.78 bits per heavy atom. The van der Waals surface area contributed by atoms with E-state index in [1.165, 1.54) is 30.1 Å². The molecule has 1 aliphatic carbocycles. The minimum absolute atomic E-state index is 0.772. The third kappa shape index (κ3) is 6.40. The summed E-state index contributed by atoms with van der Waals surface area (Å²) in [5.41, 5.74) is 3.04. The maximum absolute atomic E-state index is 4.26. The van der Waals surface area contributed by atoms with E-state index in [2.05, 4.69) is 19.6 Å². The number of hydrogen-bond donors (Lipinski definition) is 0. The molecule has 1 aliphatic rings. The lowest BCUT2D eigenvalue weighted by atomic mass is 10.3. The van der Waals surface area contributed by atoms with Crippen LogP contribution in [0.2, 0.25) is 0 Å². The van der Waals surface area contributed by atoms with Crippen molar-refractivity contribution in [3.63, 3.8) is 0 Å². The molecule has 0 saturated heterocycles. The van der Waals surface area contributed by atoms with Crippen LogP contribution in [0.25, 0.3) is 11.0 Å². The van der Waals surface area contributed by atoms with Crippen LogP contribution in [0.4, 0.5) is 0 Å². The van der Waals surface area contributed by atoms with Gasteiger partial charge in [0.05, 0.1) is 5.69 Å². The van der Waals surface area contributed by atoms with Gasteiger partial charge in [-0.25, -0.2) is 9.97 Å². The van der Waals surface area contributed by atoms with Crippen LogP contribution in [-0.2, 0) is 0 Å². The van der Waals surface area contributed by atoms with E-state index in [1.54, 1.807) is 6.20 Å². The highest BCUT2D eigenvalue weighted by Gasteiger charge is 2.25. The second kappa shape index (κ2) is 10.8. The first-order valence-electron chi connectivity index (χ1n) is 8.28. The molecule has 0 radical (unpaired) electrons. The molecule has 0 N–H and O–H groups in total. The summed E-state index contributed by atoms with van der Waals surface area (Å²) in [6.07, 6.45) is 4.41. The van der Waals surface area contributed by atoms with Gasteiger partial charge >= 0.3 is 0 Å². The number of nitrogens with zero attached hydrogens (tertiary/aromatic N) is 4. The molecule has 3 aromatic rings. The Balaban J connectivity index is 0.000000195. The van der Waals surface area contributed by atoms with Crippen molar-refractivity contribution >= 4 is 22.6 Å². The molecule has 0 amide bonds. The smallest absolute Gasteiger partial charge is 0.159 e. The topological polar surface area (TPSA) is 51.6 Å². The lowest BCUT2D eigenvalue weighted by Gasteiger charge is -1.94. The molecule has 0 spiro atoms. The summed E-state index contributed by atoms with van der Waals surface area (Å²) in [7, 11) is 0. The van der Waals surface area contributed by atoms with E-state index in [0.717, 1.165) is 22.6 Å². The molecule has 4 nitrogen and oxygen atoms in total. The molecular formula is C18H26N4S. The maximum Gasteiger partial charge on any atom is 0.159 e. The molecule has 23 heavy (non-hydrogen) atoms. The number of pyridine rings is 2. The van der Waals surface area contributed by atoms with E-state index >= 15 is 0 Å². The third-order valence-corrected chi connectivity index (χ3v) is 3.50. The first kappa shape index (κ1) is 19.2. The lowest BCUT2D eigenvalue weighted by molar-refractivity contribution is 0.980. The molecule has 0 unspecified atom stereocenters. The van der Waals surface area contributed by atoms with Crippen LogP contribution in [0.5, 0.6) is 0 Å². The Labute approximate surface area is 143 Å². The van der Waals surface area contributed by atoms with E-state index in [1.807, 2.05) is 64.3 Å². The number of aromatic nitrogens is 4. The fourth-order valence-corrected chi connectivity index (χ4v) is 2.31. The van der Waals surface area contributed by atoms with Crippen LogP contribution >= 0.6 is 11.5 Å². The molecule has 0 bridgehead atoms. The van der Waals surface area contributed by atoms with Crippen LogP contribution in [-0.4, -0.2) is 19.6 Å². The lowest BCUT2D eigenvalue weighted by Crippen LogP contribution is -1.84. The molecule has 1 fully saturated rings. The van der Waals surface area contributed by atoms with Crippen molar-refractivity contribution in [3.05, 3.63) is 47.2 Å². The second-order valence-corrected chi connectivity index (χ2v) is 5.22. The molecule has 124 valence electrons. The Kier molecular flexibility index (Phi) is 8.98. The summed E-state index contributed by atoms with van der Waals surface area (Å²) in [6.45, 7) is 9.97. The number of rotatable bonds is 1. The van der Waals surface area contributed by atoms with Gasteiger partial charge in [-0.1, -0.05) is 32.2 Å². The maximum atomic E-state index is 4.26. The van der Waals surface area contributed by atoms with Crippen LogP contribution < -0.4 is 0 Å². The van der Waals surface area contributed by atoms with Crippen molar-refractivity contribution in [1.82, 2.24) is 19.6 Å². The Morgan fingerprint density at radius 3 is 2.39 bits per heavy atom.